The first kappa shape index (κ1) is 20.0. The molecule has 0 aliphatic carbocycles. The number of aryl methyl sites for hydroxylation is 2. The van der Waals surface area contributed by atoms with Gasteiger partial charge >= 0.3 is 5.63 Å². The lowest BCUT2D eigenvalue weighted by Gasteiger charge is -2.12. The van der Waals surface area contributed by atoms with E-state index in [-0.39, 0.29) is 12.0 Å². The Kier molecular flexibility index (Phi) is 6.17. The molecule has 9 nitrogen and oxygen atoms in total. The first-order chi connectivity index (χ1) is 12.7. The molecule has 1 heterocycles. The molecule has 144 valence electrons. The molecule has 2 aromatic rings. The summed E-state index contributed by atoms with van der Waals surface area (Å²) in [6, 6.07) is 3.49. The fourth-order valence-corrected chi connectivity index (χ4v) is 2.63. The lowest BCUT2D eigenvalue weighted by molar-refractivity contribution is -0.304. The van der Waals surface area contributed by atoms with E-state index in [1.165, 1.54) is 7.11 Å². The summed E-state index contributed by atoms with van der Waals surface area (Å²) in [6.45, 7) is 2.41. The van der Waals surface area contributed by atoms with Crippen LogP contribution in [-0.2, 0) is 20.8 Å². The van der Waals surface area contributed by atoms with E-state index in [9.17, 15) is 24.3 Å². The number of rotatable bonds is 7. The van der Waals surface area contributed by atoms with Crippen molar-refractivity contribution in [3.05, 3.63) is 39.2 Å². The topological polar surface area (TPSA) is 138 Å². The van der Waals surface area contributed by atoms with Crippen LogP contribution in [0.25, 0.3) is 11.0 Å². The van der Waals surface area contributed by atoms with Crippen molar-refractivity contribution in [2.24, 2.45) is 0 Å². The van der Waals surface area contributed by atoms with Crippen LogP contribution in [0.4, 0.5) is 0 Å². The number of ether oxygens (including phenoxy) is 1. The summed E-state index contributed by atoms with van der Waals surface area (Å²) in [5.74, 6) is -2.11. The quantitative estimate of drug-likeness (QED) is 0.589. The Hall–Kier alpha value is -3.36. The lowest BCUT2D eigenvalue weighted by atomic mass is 10.0. The summed E-state index contributed by atoms with van der Waals surface area (Å²) < 4.78 is 10.6. The molecule has 0 aliphatic rings. The summed E-state index contributed by atoms with van der Waals surface area (Å²) >= 11 is 0. The van der Waals surface area contributed by atoms with Crippen molar-refractivity contribution in [3.63, 3.8) is 0 Å². The number of hydrogen-bond acceptors (Lipinski definition) is 7. The first-order valence-electron chi connectivity index (χ1n) is 8.07. The van der Waals surface area contributed by atoms with E-state index in [1.54, 1.807) is 26.0 Å². The highest BCUT2D eigenvalue weighted by atomic mass is 16.5. The fourth-order valence-electron chi connectivity index (χ4n) is 2.63. The van der Waals surface area contributed by atoms with E-state index in [0.717, 1.165) is 0 Å². The van der Waals surface area contributed by atoms with Gasteiger partial charge in [-0.25, -0.2) is 4.79 Å². The number of carboxylic acids is 1. The molecular formula is C18H19N2O7-. The van der Waals surface area contributed by atoms with Crippen LogP contribution in [0, 0.1) is 13.8 Å². The number of aliphatic carboxylic acids is 1. The zero-order chi connectivity index (χ0) is 20.1. The molecule has 0 saturated carbocycles. The van der Waals surface area contributed by atoms with Gasteiger partial charge in [0.05, 0.1) is 38.2 Å². The lowest BCUT2D eigenvalue weighted by Crippen LogP contribution is -2.43. The van der Waals surface area contributed by atoms with Crippen molar-refractivity contribution in [1.82, 2.24) is 10.6 Å². The predicted octanol–water partition coefficient (Wildman–Crippen LogP) is -1.06. The molecule has 0 atom stereocenters. The van der Waals surface area contributed by atoms with Gasteiger partial charge in [0.15, 0.2) is 0 Å². The second kappa shape index (κ2) is 8.35. The van der Waals surface area contributed by atoms with Gasteiger partial charge in [0.1, 0.15) is 11.3 Å². The molecule has 0 radical (unpaired) electrons. The molecule has 2 amide bonds. The standard InChI is InChI=1S/C18H20N2O7/c1-9-11-4-5-13(26-3)10(2)17(11)27-18(25)12(9)6-14(21)19-7-15(22)20-8-16(23)24/h4-5H,6-8H2,1-3H3,(H,19,21)(H,20,22)(H,23,24)/p-1. The average molecular weight is 375 g/mol. The van der Waals surface area contributed by atoms with Crippen LogP contribution in [0.5, 0.6) is 5.75 Å². The third kappa shape index (κ3) is 4.63. The van der Waals surface area contributed by atoms with E-state index in [4.69, 9.17) is 9.15 Å². The van der Waals surface area contributed by atoms with Gasteiger partial charge in [0.25, 0.3) is 0 Å². The van der Waals surface area contributed by atoms with Crippen molar-refractivity contribution in [2.45, 2.75) is 20.3 Å². The van der Waals surface area contributed by atoms with E-state index < -0.39 is 36.5 Å². The van der Waals surface area contributed by atoms with E-state index in [2.05, 4.69) is 10.6 Å². The number of amides is 2. The maximum Gasteiger partial charge on any atom is 0.340 e. The maximum atomic E-state index is 12.3. The second-order valence-electron chi connectivity index (χ2n) is 5.86. The zero-order valence-corrected chi connectivity index (χ0v) is 15.1. The number of carbonyl (C=O) groups is 3. The first-order valence-corrected chi connectivity index (χ1v) is 8.07. The number of fused-ring (bicyclic) bond motifs is 1. The van der Waals surface area contributed by atoms with Crippen molar-refractivity contribution in [3.8, 4) is 5.75 Å². The van der Waals surface area contributed by atoms with Gasteiger partial charge in [-0.15, -0.1) is 0 Å². The Morgan fingerprint density at radius 2 is 1.74 bits per heavy atom. The smallest absolute Gasteiger partial charge is 0.340 e. The number of benzene rings is 1. The molecule has 0 saturated heterocycles. The van der Waals surface area contributed by atoms with Crippen LogP contribution < -0.4 is 26.1 Å². The van der Waals surface area contributed by atoms with Crippen LogP contribution in [-0.4, -0.2) is 38.0 Å². The number of methoxy groups -OCH3 is 1. The molecule has 0 aliphatic heterocycles. The second-order valence-corrected chi connectivity index (χ2v) is 5.86. The molecule has 0 spiro atoms. The highest BCUT2D eigenvalue weighted by Crippen LogP contribution is 2.29. The van der Waals surface area contributed by atoms with Crippen molar-refractivity contribution in [1.29, 1.82) is 0 Å². The van der Waals surface area contributed by atoms with Gasteiger partial charge in [-0.05, 0) is 31.5 Å². The summed E-state index contributed by atoms with van der Waals surface area (Å²) in [5, 5.41) is 15.3. The van der Waals surface area contributed by atoms with Crippen molar-refractivity contribution in [2.75, 3.05) is 20.2 Å². The average Bonchev–Trinajstić information content (AvgIpc) is 2.62. The molecule has 27 heavy (non-hydrogen) atoms. The van der Waals surface area contributed by atoms with E-state index >= 15 is 0 Å². The summed E-state index contributed by atoms with van der Waals surface area (Å²) in [7, 11) is 1.51. The minimum absolute atomic E-state index is 0.180. The number of carboxylic acid groups (broad SMARTS) is 1. The molecule has 2 rings (SSSR count). The van der Waals surface area contributed by atoms with E-state index in [0.29, 0.717) is 27.8 Å². The summed E-state index contributed by atoms with van der Waals surface area (Å²) in [5.41, 5.74) is 1.20. The van der Waals surface area contributed by atoms with Crippen LogP contribution in [0.15, 0.2) is 21.3 Å². The van der Waals surface area contributed by atoms with Crippen LogP contribution in [0.3, 0.4) is 0 Å². The molecule has 1 aromatic carbocycles. The minimum atomic E-state index is -1.44. The number of nitrogens with one attached hydrogen (secondary N) is 2. The Bertz CT molecular complexity index is 962. The van der Waals surface area contributed by atoms with Crippen molar-refractivity contribution < 1.29 is 28.6 Å². The predicted molar refractivity (Wildman–Crippen MR) is 93.2 cm³/mol. The summed E-state index contributed by atoms with van der Waals surface area (Å²) in [6.07, 6.45) is -0.275. The Labute approximate surface area is 154 Å². The molecule has 2 N–H and O–H groups in total. The SMILES string of the molecule is COc1ccc2c(C)c(CC(=O)NCC(=O)NCC(=O)[O-])c(=O)oc2c1C. The minimum Gasteiger partial charge on any atom is -0.548 e. The highest BCUT2D eigenvalue weighted by molar-refractivity contribution is 5.89. The van der Waals surface area contributed by atoms with Gasteiger partial charge in [0, 0.05) is 10.9 Å². The third-order valence-electron chi connectivity index (χ3n) is 4.09. The largest absolute Gasteiger partial charge is 0.548 e. The van der Waals surface area contributed by atoms with Crippen LogP contribution in [0.2, 0.25) is 0 Å². The van der Waals surface area contributed by atoms with Crippen LogP contribution in [0.1, 0.15) is 16.7 Å². The molecule has 0 bridgehead atoms. The van der Waals surface area contributed by atoms with E-state index in [1.807, 2.05) is 0 Å². The van der Waals surface area contributed by atoms with Gasteiger partial charge in [-0.3, -0.25) is 9.59 Å². The molecule has 0 fully saturated rings. The molecule has 0 unspecified atom stereocenters. The molecule has 9 heteroatoms. The Balaban J connectivity index is 2.17. The normalized spacial score (nSPS) is 10.5. The number of carbonyl (C=O) groups excluding carboxylic acids is 3. The van der Waals surface area contributed by atoms with Gasteiger partial charge < -0.3 is 29.7 Å². The monoisotopic (exact) mass is 375 g/mol. The Morgan fingerprint density at radius 1 is 1.07 bits per heavy atom. The van der Waals surface area contributed by atoms with Gasteiger partial charge in [-0.1, -0.05) is 0 Å². The fraction of sp³-hybridized carbons (Fsp3) is 0.333. The summed E-state index contributed by atoms with van der Waals surface area (Å²) in [4.78, 5) is 46.0. The maximum absolute atomic E-state index is 12.3. The van der Waals surface area contributed by atoms with Gasteiger partial charge in [-0.2, -0.15) is 0 Å². The molecule has 1 aromatic heterocycles. The van der Waals surface area contributed by atoms with Crippen LogP contribution >= 0.6 is 0 Å². The van der Waals surface area contributed by atoms with Gasteiger partial charge in [0.2, 0.25) is 11.8 Å². The third-order valence-corrected chi connectivity index (χ3v) is 4.09. The van der Waals surface area contributed by atoms with Crippen molar-refractivity contribution >= 4 is 28.8 Å². The zero-order valence-electron chi connectivity index (χ0n) is 15.1. The number of hydrogen-bond donors (Lipinski definition) is 2. The highest BCUT2D eigenvalue weighted by Gasteiger charge is 2.17. The Morgan fingerprint density at radius 3 is 2.37 bits per heavy atom. The molecular weight excluding hydrogens is 356 g/mol.